The van der Waals surface area contributed by atoms with Crippen LogP contribution in [-0.4, -0.2) is 35.1 Å². The monoisotopic (exact) mass is 172 g/mol. The third-order valence-electron chi connectivity index (χ3n) is 1.71. The fourth-order valence-corrected chi connectivity index (χ4v) is 1.12. The average Bonchev–Trinajstić information content (AvgIpc) is 2.01. The van der Waals surface area contributed by atoms with Crippen molar-refractivity contribution in [2.45, 2.75) is 19.3 Å². The lowest BCUT2D eigenvalue weighted by molar-refractivity contribution is -0.139. The Kier molecular flexibility index (Phi) is 3.04. The van der Waals surface area contributed by atoms with Gasteiger partial charge in [-0.3, -0.25) is 15.0 Å². The summed E-state index contributed by atoms with van der Waals surface area (Å²) in [4.78, 5) is 21.0. The topological polar surface area (TPSA) is 69.6 Å². The predicted molar refractivity (Wildman–Crippen MR) is 41.2 cm³/mol. The largest absolute Gasteiger partial charge is 0.481 e. The molecule has 1 heterocycles. The molecule has 0 aromatic carbocycles. The highest BCUT2D eigenvalue weighted by atomic mass is 16.4. The minimum absolute atomic E-state index is 0.0216. The molecule has 1 rings (SSSR count). The van der Waals surface area contributed by atoms with Crippen molar-refractivity contribution in [1.29, 1.82) is 0 Å². The van der Waals surface area contributed by atoms with Gasteiger partial charge in [-0.25, -0.2) is 5.01 Å². The molecule has 1 saturated heterocycles. The van der Waals surface area contributed by atoms with Crippen LogP contribution in [0.25, 0.3) is 0 Å². The number of carboxylic acids is 1. The lowest BCUT2D eigenvalue weighted by Gasteiger charge is -2.26. The Balaban J connectivity index is 2.23. The van der Waals surface area contributed by atoms with Gasteiger partial charge in [-0.1, -0.05) is 0 Å². The van der Waals surface area contributed by atoms with Gasteiger partial charge in [0.05, 0.1) is 6.42 Å². The fourth-order valence-electron chi connectivity index (χ4n) is 1.12. The average molecular weight is 172 g/mol. The van der Waals surface area contributed by atoms with Crippen molar-refractivity contribution >= 4 is 11.9 Å². The van der Waals surface area contributed by atoms with E-state index in [0.717, 1.165) is 13.0 Å². The molecule has 1 amide bonds. The van der Waals surface area contributed by atoms with Crippen molar-refractivity contribution in [3.8, 4) is 0 Å². The Morgan fingerprint density at radius 3 is 3.00 bits per heavy atom. The summed E-state index contributed by atoms with van der Waals surface area (Å²) in [6.07, 6.45) is 1.43. The first-order valence-corrected chi connectivity index (χ1v) is 3.95. The zero-order chi connectivity index (χ0) is 8.97. The van der Waals surface area contributed by atoms with Crippen molar-refractivity contribution in [3.05, 3.63) is 0 Å². The molecule has 2 N–H and O–H groups in total. The number of nitrogens with one attached hydrogen (secondary N) is 1. The lowest BCUT2D eigenvalue weighted by atomic mass is 10.2. The molecule has 5 nitrogen and oxygen atoms in total. The summed E-state index contributed by atoms with van der Waals surface area (Å²) in [7, 11) is 0. The Morgan fingerprint density at radius 2 is 2.42 bits per heavy atom. The standard InChI is InChI=1S/C7H12N2O3/c10-6-2-1-4-9(8-6)5-3-7(11)12/h1-5H2,(H,8,10)(H,11,12). The molecule has 0 saturated carbocycles. The molecular formula is C7H12N2O3. The molecular weight excluding hydrogens is 160 g/mol. The lowest BCUT2D eigenvalue weighted by Crippen LogP contribution is -2.47. The number of rotatable bonds is 3. The Bertz CT molecular complexity index is 193. The molecule has 0 spiro atoms. The van der Waals surface area contributed by atoms with Crippen LogP contribution in [0.5, 0.6) is 0 Å². The third kappa shape index (κ3) is 2.87. The summed E-state index contributed by atoms with van der Waals surface area (Å²) in [5.74, 6) is -0.860. The predicted octanol–water partition coefficient (Wildman–Crippen LogP) is -0.412. The highest BCUT2D eigenvalue weighted by molar-refractivity contribution is 5.76. The summed E-state index contributed by atoms with van der Waals surface area (Å²) < 4.78 is 0. The van der Waals surface area contributed by atoms with E-state index in [1.165, 1.54) is 0 Å². The second-order valence-electron chi connectivity index (χ2n) is 2.77. The summed E-state index contributed by atoms with van der Waals surface area (Å²) in [6.45, 7) is 1.14. The molecule has 68 valence electrons. The summed E-state index contributed by atoms with van der Waals surface area (Å²) >= 11 is 0. The van der Waals surface area contributed by atoms with Crippen LogP contribution < -0.4 is 5.43 Å². The van der Waals surface area contributed by atoms with Gasteiger partial charge in [0.2, 0.25) is 5.91 Å². The third-order valence-corrected chi connectivity index (χ3v) is 1.71. The van der Waals surface area contributed by atoms with Crippen LogP contribution in [0.4, 0.5) is 0 Å². The number of carbonyl (C=O) groups excluding carboxylic acids is 1. The van der Waals surface area contributed by atoms with Crippen molar-refractivity contribution in [2.24, 2.45) is 0 Å². The van der Waals surface area contributed by atoms with E-state index in [2.05, 4.69) is 5.43 Å². The van der Waals surface area contributed by atoms with E-state index in [0.29, 0.717) is 13.0 Å². The number of amides is 1. The molecule has 1 aliphatic heterocycles. The van der Waals surface area contributed by atoms with Crippen LogP contribution in [-0.2, 0) is 9.59 Å². The van der Waals surface area contributed by atoms with Crippen molar-refractivity contribution < 1.29 is 14.7 Å². The second kappa shape index (κ2) is 4.06. The van der Waals surface area contributed by atoms with Crippen LogP contribution in [0.3, 0.4) is 0 Å². The molecule has 0 atom stereocenters. The minimum atomic E-state index is -0.838. The molecule has 0 bridgehead atoms. The van der Waals surface area contributed by atoms with Gasteiger partial charge in [-0.15, -0.1) is 0 Å². The van der Waals surface area contributed by atoms with Crippen molar-refractivity contribution in [1.82, 2.24) is 10.4 Å². The van der Waals surface area contributed by atoms with Crippen molar-refractivity contribution in [3.63, 3.8) is 0 Å². The van der Waals surface area contributed by atoms with Crippen LogP contribution in [0.15, 0.2) is 0 Å². The highest BCUT2D eigenvalue weighted by Crippen LogP contribution is 2.00. The summed E-state index contributed by atoms with van der Waals surface area (Å²) in [5, 5.41) is 10.0. The maximum absolute atomic E-state index is 10.8. The van der Waals surface area contributed by atoms with E-state index < -0.39 is 5.97 Å². The van der Waals surface area contributed by atoms with E-state index in [9.17, 15) is 9.59 Å². The molecule has 12 heavy (non-hydrogen) atoms. The number of carboxylic acid groups (broad SMARTS) is 1. The van der Waals surface area contributed by atoms with E-state index in [-0.39, 0.29) is 12.3 Å². The van der Waals surface area contributed by atoms with Crippen LogP contribution in [0.2, 0.25) is 0 Å². The van der Waals surface area contributed by atoms with E-state index in [1.807, 2.05) is 0 Å². The van der Waals surface area contributed by atoms with Crippen molar-refractivity contribution in [2.75, 3.05) is 13.1 Å². The van der Waals surface area contributed by atoms with Gasteiger partial charge < -0.3 is 5.11 Å². The summed E-state index contributed by atoms with van der Waals surface area (Å²) in [5.41, 5.74) is 2.60. The SMILES string of the molecule is O=C(O)CCN1CCCC(=O)N1. The molecule has 0 aromatic heterocycles. The Morgan fingerprint density at radius 1 is 1.67 bits per heavy atom. The quantitative estimate of drug-likeness (QED) is 0.607. The number of hydrogen-bond donors (Lipinski definition) is 2. The first-order chi connectivity index (χ1) is 5.68. The molecule has 0 radical (unpaired) electrons. The van der Waals surface area contributed by atoms with Gasteiger partial charge in [-0.05, 0) is 6.42 Å². The van der Waals surface area contributed by atoms with E-state index in [1.54, 1.807) is 5.01 Å². The first-order valence-electron chi connectivity index (χ1n) is 3.95. The Labute approximate surface area is 70.3 Å². The van der Waals surface area contributed by atoms with Gasteiger partial charge in [0.25, 0.3) is 0 Å². The number of hydrogen-bond acceptors (Lipinski definition) is 3. The number of carbonyl (C=O) groups is 2. The number of nitrogens with zero attached hydrogens (tertiary/aromatic N) is 1. The second-order valence-corrected chi connectivity index (χ2v) is 2.77. The minimum Gasteiger partial charge on any atom is -0.481 e. The molecule has 1 fully saturated rings. The molecule has 5 heteroatoms. The molecule has 1 aliphatic rings. The normalized spacial score (nSPS) is 18.8. The van der Waals surface area contributed by atoms with Crippen LogP contribution in [0.1, 0.15) is 19.3 Å². The maximum atomic E-state index is 10.8. The van der Waals surface area contributed by atoms with Gasteiger partial charge in [0.1, 0.15) is 0 Å². The molecule has 0 aliphatic carbocycles. The Hall–Kier alpha value is -1.10. The maximum Gasteiger partial charge on any atom is 0.304 e. The van der Waals surface area contributed by atoms with Crippen LogP contribution in [0, 0.1) is 0 Å². The summed E-state index contributed by atoms with van der Waals surface area (Å²) in [6, 6.07) is 0. The fraction of sp³-hybridized carbons (Fsp3) is 0.714. The molecule has 0 aromatic rings. The number of aliphatic carboxylic acids is 1. The van der Waals surface area contributed by atoms with E-state index >= 15 is 0 Å². The number of hydrazine groups is 1. The van der Waals surface area contributed by atoms with Gasteiger partial charge >= 0.3 is 5.97 Å². The van der Waals surface area contributed by atoms with Crippen LogP contribution >= 0.6 is 0 Å². The molecule has 0 unspecified atom stereocenters. The smallest absolute Gasteiger partial charge is 0.304 e. The van der Waals surface area contributed by atoms with Gasteiger partial charge in [-0.2, -0.15) is 0 Å². The zero-order valence-corrected chi connectivity index (χ0v) is 6.75. The van der Waals surface area contributed by atoms with Gasteiger partial charge in [0, 0.05) is 19.5 Å². The zero-order valence-electron chi connectivity index (χ0n) is 6.75. The first kappa shape index (κ1) is 8.99. The van der Waals surface area contributed by atoms with E-state index in [4.69, 9.17) is 5.11 Å². The van der Waals surface area contributed by atoms with Gasteiger partial charge in [0.15, 0.2) is 0 Å². The highest BCUT2D eigenvalue weighted by Gasteiger charge is 2.15.